The molecule has 2 amide bonds. The van der Waals surface area contributed by atoms with Crippen LogP contribution < -0.4 is 10.2 Å². The molecule has 2 aromatic rings. The van der Waals surface area contributed by atoms with Crippen LogP contribution in [-0.4, -0.2) is 41.9 Å². The largest absolute Gasteiger partial charge is 0.455 e. The summed E-state index contributed by atoms with van der Waals surface area (Å²) in [7, 11) is 0. The van der Waals surface area contributed by atoms with Crippen molar-refractivity contribution in [3.8, 4) is 0 Å². The second kappa shape index (κ2) is 11.3. The average molecular weight is 415 g/mol. The molecule has 0 fully saturated rings. The van der Waals surface area contributed by atoms with Crippen LogP contribution in [0.15, 0.2) is 54.6 Å². The quantitative estimate of drug-likeness (QED) is 0.634. The molecule has 0 saturated heterocycles. The van der Waals surface area contributed by atoms with Crippen LogP contribution in [0.5, 0.6) is 0 Å². The number of thioether (sulfide) groups is 1. The predicted octanol–water partition coefficient (Wildman–Crippen LogP) is 3.65. The maximum Gasteiger partial charge on any atom is 0.316 e. The molecule has 154 valence electrons. The van der Waals surface area contributed by atoms with Crippen LogP contribution in [0.1, 0.15) is 19.4 Å². The molecule has 0 aliphatic heterocycles. The van der Waals surface area contributed by atoms with Crippen LogP contribution in [0.4, 0.5) is 11.4 Å². The molecule has 2 rings (SSSR count). The van der Waals surface area contributed by atoms with E-state index in [-0.39, 0.29) is 36.0 Å². The van der Waals surface area contributed by atoms with Crippen LogP contribution >= 0.6 is 11.8 Å². The van der Waals surface area contributed by atoms with Crippen molar-refractivity contribution in [2.24, 2.45) is 0 Å². The van der Waals surface area contributed by atoms with Gasteiger partial charge in [0.25, 0.3) is 5.91 Å². The summed E-state index contributed by atoms with van der Waals surface area (Å²) >= 11 is 1.14. The van der Waals surface area contributed by atoms with E-state index in [1.54, 1.807) is 4.90 Å². The van der Waals surface area contributed by atoms with Gasteiger partial charge in [0.1, 0.15) is 0 Å². The Bertz CT molecular complexity index is 840. The third-order valence-corrected chi connectivity index (χ3v) is 4.84. The number of benzene rings is 2. The molecule has 0 radical (unpaired) electrons. The number of nitrogens with one attached hydrogen (secondary N) is 1. The van der Waals surface area contributed by atoms with Gasteiger partial charge in [0.15, 0.2) is 6.61 Å². The molecule has 0 aliphatic rings. The van der Waals surface area contributed by atoms with Gasteiger partial charge in [-0.2, -0.15) is 0 Å². The van der Waals surface area contributed by atoms with Crippen LogP contribution in [0.25, 0.3) is 0 Å². The fourth-order valence-electron chi connectivity index (χ4n) is 2.72. The Kier molecular flexibility index (Phi) is 8.73. The maximum atomic E-state index is 12.5. The number of hydrogen-bond acceptors (Lipinski definition) is 5. The van der Waals surface area contributed by atoms with Crippen LogP contribution in [0.3, 0.4) is 0 Å². The molecule has 0 heterocycles. The van der Waals surface area contributed by atoms with Gasteiger partial charge in [-0.05, 0) is 50.6 Å². The van der Waals surface area contributed by atoms with Crippen LogP contribution in [-0.2, 0) is 19.1 Å². The molecule has 0 saturated carbocycles. The highest BCUT2D eigenvalue weighted by molar-refractivity contribution is 8.00. The van der Waals surface area contributed by atoms with E-state index in [1.165, 1.54) is 0 Å². The molecule has 0 aromatic heterocycles. The maximum absolute atomic E-state index is 12.5. The fourth-order valence-corrected chi connectivity index (χ4v) is 3.33. The second-order valence-electron chi connectivity index (χ2n) is 6.76. The van der Waals surface area contributed by atoms with E-state index in [1.807, 2.05) is 75.4 Å². The molecule has 2 aromatic carbocycles. The van der Waals surface area contributed by atoms with E-state index in [2.05, 4.69) is 5.32 Å². The Balaban J connectivity index is 1.73. The smallest absolute Gasteiger partial charge is 0.316 e. The monoisotopic (exact) mass is 414 g/mol. The number of para-hydroxylation sites is 1. The number of hydrogen-bond donors (Lipinski definition) is 1. The average Bonchev–Trinajstić information content (AvgIpc) is 2.67. The van der Waals surface area contributed by atoms with Crippen LogP contribution in [0, 0.1) is 6.92 Å². The lowest BCUT2D eigenvalue weighted by molar-refractivity contribution is -0.145. The zero-order valence-electron chi connectivity index (χ0n) is 16.9. The molecule has 29 heavy (non-hydrogen) atoms. The lowest BCUT2D eigenvalue weighted by Gasteiger charge is -2.26. The molecular formula is C22H26N2O4S. The summed E-state index contributed by atoms with van der Waals surface area (Å²) in [6, 6.07) is 16.7. The Hall–Kier alpha value is -2.80. The summed E-state index contributed by atoms with van der Waals surface area (Å²) < 4.78 is 5.09. The van der Waals surface area contributed by atoms with Crippen molar-refractivity contribution in [3.05, 3.63) is 60.2 Å². The van der Waals surface area contributed by atoms with Crippen molar-refractivity contribution in [1.29, 1.82) is 0 Å². The normalized spacial score (nSPS) is 10.5. The summed E-state index contributed by atoms with van der Waals surface area (Å²) in [5.41, 5.74) is 2.53. The van der Waals surface area contributed by atoms with Crippen molar-refractivity contribution in [3.63, 3.8) is 0 Å². The number of esters is 1. The van der Waals surface area contributed by atoms with E-state index in [0.29, 0.717) is 0 Å². The first-order valence-corrected chi connectivity index (χ1v) is 10.5. The molecule has 6 nitrogen and oxygen atoms in total. The van der Waals surface area contributed by atoms with Crippen molar-refractivity contribution in [2.45, 2.75) is 26.8 Å². The summed E-state index contributed by atoms with van der Waals surface area (Å²) in [6.07, 6.45) is 0. The van der Waals surface area contributed by atoms with Crippen molar-refractivity contribution >= 4 is 40.9 Å². The third kappa shape index (κ3) is 7.62. The third-order valence-electron chi connectivity index (χ3n) is 3.93. The number of carbonyl (C=O) groups is 3. The number of carbonyl (C=O) groups excluding carboxylic acids is 3. The number of amides is 2. The Labute approximate surface area is 175 Å². The van der Waals surface area contributed by atoms with Gasteiger partial charge in [0.05, 0.1) is 11.5 Å². The van der Waals surface area contributed by atoms with Gasteiger partial charge in [-0.3, -0.25) is 14.4 Å². The summed E-state index contributed by atoms with van der Waals surface area (Å²) in [5, 5.41) is 2.78. The first kappa shape index (κ1) is 22.5. The number of rotatable bonds is 9. The zero-order valence-corrected chi connectivity index (χ0v) is 17.7. The van der Waals surface area contributed by atoms with Crippen LogP contribution in [0.2, 0.25) is 0 Å². The summed E-state index contributed by atoms with van der Waals surface area (Å²) in [4.78, 5) is 37.9. The molecular weight excluding hydrogens is 388 g/mol. The Morgan fingerprint density at radius 2 is 1.76 bits per heavy atom. The topological polar surface area (TPSA) is 75.7 Å². The SMILES string of the molecule is Cc1cccc(NC(=O)CSCC(=O)OCC(=O)N(c2ccccc2)C(C)C)c1. The predicted molar refractivity (Wildman–Crippen MR) is 117 cm³/mol. The standard InChI is InChI=1S/C22H26N2O4S/c1-16(2)24(19-10-5-4-6-11-19)21(26)13-28-22(27)15-29-14-20(25)23-18-9-7-8-17(3)12-18/h4-12,16H,13-15H2,1-3H3,(H,23,25). The molecule has 0 atom stereocenters. The first-order valence-electron chi connectivity index (χ1n) is 9.34. The molecule has 0 aliphatic carbocycles. The van der Waals surface area contributed by atoms with Gasteiger partial charge < -0.3 is 15.0 Å². The molecule has 0 spiro atoms. The molecule has 0 bridgehead atoms. The number of aryl methyl sites for hydroxylation is 1. The van der Waals surface area contributed by atoms with E-state index < -0.39 is 5.97 Å². The van der Waals surface area contributed by atoms with Gasteiger partial charge in [-0.15, -0.1) is 11.8 Å². The van der Waals surface area contributed by atoms with Gasteiger partial charge in [0, 0.05) is 17.4 Å². The van der Waals surface area contributed by atoms with Gasteiger partial charge >= 0.3 is 5.97 Å². The minimum absolute atomic E-state index is 0.00152. The highest BCUT2D eigenvalue weighted by Gasteiger charge is 2.20. The highest BCUT2D eigenvalue weighted by atomic mass is 32.2. The lowest BCUT2D eigenvalue weighted by atomic mass is 10.2. The second-order valence-corrected chi connectivity index (χ2v) is 7.75. The minimum Gasteiger partial charge on any atom is -0.455 e. The van der Waals surface area contributed by atoms with E-state index in [4.69, 9.17) is 4.74 Å². The molecule has 7 heteroatoms. The Morgan fingerprint density at radius 3 is 2.41 bits per heavy atom. The first-order chi connectivity index (χ1) is 13.9. The molecule has 1 N–H and O–H groups in total. The number of nitrogens with zero attached hydrogens (tertiary/aromatic N) is 1. The highest BCUT2D eigenvalue weighted by Crippen LogP contribution is 2.17. The van der Waals surface area contributed by atoms with Crippen molar-refractivity contribution < 1.29 is 19.1 Å². The van der Waals surface area contributed by atoms with Gasteiger partial charge in [-0.25, -0.2) is 0 Å². The zero-order chi connectivity index (χ0) is 21.2. The van der Waals surface area contributed by atoms with E-state index in [0.717, 1.165) is 28.7 Å². The number of anilines is 2. The minimum atomic E-state index is -0.525. The van der Waals surface area contributed by atoms with E-state index in [9.17, 15) is 14.4 Å². The van der Waals surface area contributed by atoms with Crippen molar-refractivity contribution in [1.82, 2.24) is 0 Å². The number of ether oxygens (including phenoxy) is 1. The van der Waals surface area contributed by atoms with E-state index >= 15 is 0 Å². The lowest BCUT2D eigenvalue weighted by Crippen LogP contribution is -2.40. The summed E-state index contributed by atoms with van der Waals surface area (Å²) in [5.74, 6) is -0.884. The molecule has 0 unspecified atom stereocenters. The van der Waals surface area contributed by atoms with Crippen molar-refractivity contribution in [2.75, 3.05) is 28.3 Å². The van der Waals surface area contributed by atoms with Gasteiger partial charge in [-0.1, -0.05) is 30.3 Å². The Morgan fingerprint density at radius 1 is 1.03 bits per heavy atom. The summed E-state index contributed by atoms with van der Waals surface area (Å²) in [6.45, 7) is 5.41. The fraction of sp³-hybridized carbons (Fsp3) is 0.318. The van der Waals surface area contributed by atoms with Gasteiger partial charge in [0.2, 0.25) is 5.91 Å².